The van der Waals surface area contributed by atoms with E-state index in [9.17, 15) is 31.1 Å². The molecule has 2 atom stereocenters. The maximum absolute atomic E-state index is 14.2. The topological polar surface area (TPSA) is 63.1 Å². The van der Waals surface area contributed by atoms with Crippen LogP contribution in [0.4, 0.5) is 26.3 Å². The van der Waals surface area contributed by atoms with Gasteiger partial charge in [-0.3, -0.25) is 4.79 Å². The Labute approximate surface area is 231 Å². The number of benzene rings is 1. The fraction of sp³-hybridized carbons (Fsp3) is 0.571. The molecule has 2 heterocycles. The largest absolute Gasteiger partial charge is 0.451 e. The number of aromatic nitrogens is 3. The van der Waals surface area contributed by atoms with E-state index < -0.39 is 52.5 Å². The van der Waals surface area contributed by atoms with Crippen LogP contribution in [0, 0.1) is 17.5 Å². The summed E-state index contributed by atoms with van der Waals surface area (Å²) in [6, 6.07) is 0.383. The van der Waals surface area contributed by atoms with E-state index in [1.165, 1.54) is 4.90 Å². The van der Waals surface area contributed by atoms with Crippen molar-refractivity contribution < 1.29 is 73.9 Å². The van der Waals surface area contributed by atoms with Crippen LogP contribution in [0.25, 0.3) is 0 Å². The van der Waals surface area contributed by atoms with Gasteiger partial charge in [-0.25, -0.2) is 13.2 Å². The third-order valence-corrected chi connectivity index (χ3v) is 6.07. The number of fused-ring (bicyclic) bond motifs is 1. The second kappa shape index (κ2) is 8.30. The predicted octanol–water partition coefficient (Wildman–Crippen LogP) is 11.4. The molecule has 0 bridgehead atoms. The highest BCUT2D eigenvalue weighted by atomic mass is 19.4. The summed E-state index contributed by atoms with van der Waals surface area (Å²) >= 11 is 0. The van der Waals surface area contributed by atoms with Crippen molar-refractivity contribution in [3.8, 4) is 0 Å². The highest BCUT2D eigenvalue weighted by Crippen LogP contribution is 2.39. The first-order chi connectivity index (χ1) is 15.1. The quantitative estimate of drug-likeness (QED) is 0.304. The third kappa shape index (κ3) is 4.71. The van der Waals surface area contributed by atoms with E-state index in [0.717, 1.165) is 10.6 Å². The number of amides is 1. The number of nitrogens with one attached hydrogen (secondary N) is 1. The van der Waals surface area contributed by atoms with Crippen LogP contribution in [0.5, 0.6) is 0 Å². The van der Waals surface area contributed by atoms with Crippen molar-refractivity contribution in [2.75, 3.05) is 7.05 Å². The summed E-state index contributed by atoms with van der Waals surface area (Å²) in [6.07, 6.45) is -5.00. The van der Waals surface area contributed by atoms with Crippen molar-refractivity contribution >= 4 is 5.91 Å². The van der Waals surface area contributed by atoms with Crippen LogP contribution in [0.2, 0.25) is 0 Å². The van der Waals surface area contributed by atoms with Gasteiger partial charge in [0.1, 0.15) is 5.82 Å². The molecule has 1 aromatic heterocycles. The van der Waals surface area contributed by atoms with Gasteiger partial charge in [0.15, 0.2) is 17.5 Å². The molecule has 1 N–H and O–H groups in total. The van der Waals surface area contributed by atoms with Gasteiger partial charge in [0.2, 0.25) is 11.7 Å². The normalized spacial score (nSPS) is 19.8. The number of hydrogen-bond acceptors (Lipinski definition) is 4. The number of halogens is 6. The molecule has 6 nitrogen and oxygen atoms in total. The van der Waals surface area contributed by atoms with Crippen LogP contribution >= 0.6 is 0 Å². The van der Waals surface area contributed by atoms with Gasteiger partial charge in [0.05, 0.1) is 11.6 Å². The SMILES string of the molecule is CN[C@@](C)(CC(=O)N1C(C)c2nnc(C(F)(F)F)n2CC1(C)C)Cc1cc(F)c(F)cc1F.[HH].[HH].[HH].[HH].[HH].[HH].[HH].[HH].[HH].[HH].[HH].[HH].[HH].[HH].[HH].[HH].[HH].[HH].[HH].[HH].[HH].[HH].[HH].[HH].[HH].[HH].[HH].[HH].[HH].[HH]. The van der Waals surface area contributed by atoms with E-state index in [0.29, 0.717) is 6.07 Å². The molecule has 0 spiro atoms. The van der Waals surface area contributed by atoms with Crippen molar-refractivity contribution in [3.63, 3.8) is 0 Å². The Kier molecular flexibility index (Phi) is 6.29. The molecule has 242 valence electrons. The Morgan fingerprint density at radius 2 is 1.79 bits per heavy atom. The second-order valence-electron chi connectivity index (χ2n) is 9.24. The second-order valence-corrected chi connectivity index (χ2v) is 9.24. The van der Waals surface area contributed by atoms with Crippen molar-refractivity contribution in [2.45, 2.75) is 70.4 Å². The minimum absolute atomic E-state index is 0. The fourth-order valence-corrected chi connectivity index (χ4v) is 4.42. The summed E-state index contributed by atoms with van der Waals surface area (Å²) in [5.74, 6) is -5.00. The zero-order valence-corrected chi connectivity index (χ0v) is 18.8. The van der Waals surface area contributed by atoms with E-state index in [4.69, 9.17) is 0 Å². The van der Waals surface area contributed by atoms with Crippen LogP contribution < -0.4 is 5.32 Å². The van der Waals surface area contributed by atoms with Crippen molar-refractivity contribution in [1.82, 2.24) is 25.0 Å². The lowest BCUT2D eigenvalue weighted by atomic mass is 9.87. The summed E-state index contributed by atoms with van der Waals surface area (Å²) < 4.78 is 82.0. The zero-order chi connectivity index (χ0) is 24.9. The molecule has 0 saturated heterocycles. The average molecular weight is 538 g/mol. The summed E-state index contributed by atoms with van der Waals surface area (Å²) in [6.45, 7) is 6.28. The van der Waals surface area contributed by atoms with E-state index >= 15 is 0 Å². The number of likely N-dealkylation sites (N-methyl/N-ethyl adjacent to an activating group) is 1. The van der Waals surface area contributed by atoms with Gasteiger partial charge in [-0.15, -0.1) is 10.2 Å². The monoisotopic (exact) mass is 538 g/mol. The molecule has 1 aliphatic heterocycles. The lowest BCUT2D eigenvalue weighted by Gasteiger charge is -2.47. The third-order valence-electron chi connectivity index (χ3n) is 6.07. The number of rotatable bonds is 5. The van der Waals surface area contributed by atoms with Crippen LogP contribution in [0.1, 0.15) is 100 Å². The van der Waals surface area contributed by atoms with Crippen LogP contribution in [0.3, 0.4) is 0 Å². The number of alkyl halides is 3. The highest BCUT2D eigenvalue weighted by Gasteiger charge is 2.48. The number of nitrogens with zero attached hydrogens (tertiary/aromatic N) is 4. The molecule has 12 heteroatoms. The van der Waals surface area contributed by atoms with E-state index in [1.54, 1.807) is 34.7 Å². The van der Waals surface area contributed by atoms with E-state index in [2.05, 4.69) is 15.5 Å². The maximum Gasteiger partial charge on any atom is 0.451 e. The smallest absolute Gasteiger partial charge is 0.326 e. The van der Waals surface area contributed by atoms with Gasteiger partial charge >= 0.3 is 6.18 Å². The van der Waals surface area contributed by atoms with E-state index in [-0.39, 0.29) is 73.6 Å². The summed E-state index contributed by atoms with van der Waals surface area (Å²) in [7, 11) is 1.54. The predicted molar refractivity (Wildman–Crippen MR) is 170 cm³/mol. The van der Waals surface area contributed by atoms with Crippen LogP contribution in [-0.2, 0) is 23.9 Å². The standard InChI is InChI=1S/C21H25F6N5O.30H2/c1-11-17-29-30-18(21(25,26)27)31(17)10-19(2,3)32(11)16(33)9-20(4,28-5)8-12-6-14(23)15(24)7-13(12)22;;;;;;;;;;;;;;;;;;;;;;;;;;;;;;/h6-7,11,28H,8-10H2,1-5H3;30*1H/t11?,20-;;;;;;;;;;;;;;;;;;;;;;;;;;;;;;/m1............................../s1. The molecule has 1 amide bonds. The first-order valence-corrected chi connectivity index (χ1v) is 10.2. The molecule has 0 aliphatic carbocycles. The summed E-state index contributed by atoms with van der Waals surface area (Å²) in [5, 5.41) is 9.88. The molecular formula is C21H85F6N5O. The molecule has 0 radical (unpaired) electrons. The molecule has 0 fully saturated rings. The molecule has 33 heavy (non-hydrogen) atoms. The molecule has 3 rings (SSSR count). The lowest BCUT2D eigenvalue weighted by Crippen LogP contribution is -2.58. The molecule has 1 aliphatic rings. The first kappa shape index (κ1) is 25.0. The minimum Gasteiger partial charge on any atom is -0.326 e. The Morgan fingerprint density at radius 1 is 1.18 bits per heavy atom. The minimum atomic E-state index is -4.69. The number of carbonyl (C=O) groups excluding carboxylic acids is 1. The highest BCUT2D eigenvalue weighted by molar-refractivity contribution is 5.79. The van der Waals surface area contributed by atoms with Crippen LogP contribution in [0.15, 0.2) is 12.1 Å². The van der Waals surface area contributed by atoms with Gasteiger partial charge in [-0.1, -0.05) is 0 Å². The Balaban J connectivity index is -0.0000000157. The van der Waals surface area contributed by atoms with Gasteiger partial charge < -0.3 is 14.8 Å². The maximum atomic E-state index is 14.2. The zero-order valence-electron chi connectivity index (χ0n) is 18.8. The van der Waals surface area contributed by atoms with Crippen molar-refractivity contribution in [2.24, 2.45) is 0 Å². The average Bonchev–Trinajstić information content (AvgIpc) is 3.09. The van der Waals surface area contributed by atoms with Gasteiger partial charge in [-0.05, 0) is 52.8 Å². The van der Waals surface area contributed by atoms with E-state index in [1.807, 2.05) is 0 Å². The molecular weight excluding hydrogens is 452 g/mol. The Bertz CT molecular complexity index is 1130. The summed E-state index contributed by atoms with van der Waals surface area (Å²) in [4.78, 5) is 14.8. The van der Waals surface area contributed by atoms with Crippen molar-refractivity contribution in [1.29, 1.82) is 0 Å². The lowest BCUT2D eigenvalue weighted by molar-refractivity contribution is -0.151. The van der Waals surface area contributed by atoms with Crippen LogP contribution in [-0.4, -0.2) is 43.7 Å². The molecule has 1 aromatic carbocycles. The van der Waals surface area contributed by atoms with Gasteiger partial charge in [0.25, 0.3) is 0 Å². The fourth-order valence-electron chi connectivity index (χ4n) is 4.42. The molecule has 0 saturated carbocycles. The van der Waals surface area contributed by atoms with Gasteiger partial charge in [-0.2, -0.15) is 13.2 Å². The van der Waals surface area contributed by atoms with Crippen molar-refractivity contribution in [3.05, 3.63) is 46.8 Å². The Hall–Kier alpha value is -2.63. The number of carbonyl (C=O) groups is 1. The molecule has 1 unspecified atom stereocenters. The summed E-state index contributed by atoms with van der Waals surface area (Å²) in [5.41, 5.74) is -2.19. The first-order valence-electron chi connectivity index (χ1n) is 10.2. The Morgan fingerprint density at radius 3 is 2.36 bits per heavy atom. The molecule has 2 aromatic rings. The number of hydrogen-bond donors (Lipinski definition) is 1. The van der Waals surface area contributed by atoms with Gasteiger partial charge in [0, 0.05) is 67.4 Å².